The third-order valence-electron chi connectivity index (χ3n) is 4.40. The molecule has 0 aromatic heterocycles. The number of alkyl halides is 1. The standard InChI is InChI=1S/C17H34FN/c1-2-3-4-5-6-7-8-9-10-11-13-17(18)14-12-15-19-16-17/h19H,2-16H2,1H3. The molecule has 1 aliphatic rings. The van der Waals surface area contributed by atoms with Gasteiger partial charge in [-0.1, -0.05) is 71.1 Å². The normalized spacial score (nSPS) is 23.7. The van der Waals surface area contributed by atoms with Gasteiger partial charge in [0, 0.05) is 6.54 Å². The quantitative estimate of drug-likeness (QED) is 0.497. The Labute approximate surface area is 119 Å². The molecule has 1 saturated heterocycles. The molecule has 114 valence electrons. The molecule has 1 unspecified atom stereocenters. The lowest BCUT2D eigenvalue weighted by molar-refractivity contribution is 0.107. The van der Waals surface area contributed by atoms with Crippen molar-refractivity contribution in [3.63, 3.8) is 0 Å². The third kappa shape index (κ3) is 8.62. The molecule has 1 N–H and O–H groups in total. The van der Waals surface area contributed by atoms with Crippen LogP contribution in [0.1, 0.15) is 90.4 Å². The Balaban J connectivity index is 1.83. The van der Waals surface area contributed by atoms with Gasteiger partial charge in [-0.05, 0) is 25.8 Å². The van der Waals surface area contributed by atoms with Crippen molar-refractivity contribution in [2.45, 2.75) is 96.1 Å². The van der Waals surface area contributed by atoms with Gasteiger partial charge < -0.3 is 5.32 Å². The van der Waals surface area contributed by atoms with Gasteiger partial charge in [-0.2, -0.15) is 0 Å². The lowest BCUT2D eigenvalue weighted by atomic mass is 9.90. The predicted octanol–water partition coefficient (Wildman–Crippen LogP) is 5.39. The van der Waals surface area contributed by atoms with E-state index in [0.717, 1.165) is 32.2 Å². The van der Waals surface area contributed by atoms with Crippen LogP contribution in [-0.4, -0.2) is 18.8 Å². The molecular weight excluding hydrogens is 237 g/mol. The Morgan fingerprint density at radius 1 is 0.895 bits per heavy atom. The van der Waals surface area contributed by atoms with Crippen LogP contribution in [0.3, 0.4) is 0 Å². The van der Waals surface area contributed by atoms with Gasteiger partial charge in [-0.3, -0.25) is 0 Å². The number of halogens is 1. The Hall–Kier alpha value is -0.110. The van der Waals surface area contributed by atoms with E-state index in [1.807, 2.05) is 0 Å². The van der Waals surface area contributed by atoms with Gasteiger partial charge >= 0.3 is 0 Å². The van der Waals surface area contributed by atoms with Gasteiger partial charge in [-0.25, -0.2) is 4.39 Å². The Kier molecular flexibility index (Phi) is 9.50. The Bertz CT molecular complexity index is 199. The maximum absolute atomic E-state index is 14.3. The van der Waals surface area contributed by atoms with Crippen LogP contribution in [0.4, 0.5) is 4.39 Å². The highest BCUT2D eigenvalue weighted by atomic mass is 19.1. The lowest BCUT2D eigenvalue weighted by Crippen LogP contribution is -2.42. The fourth-order valence-corrected chi connectivity index (χ4v) is 3.07. The monoisotopic (exact) mass is 271 g/mol. The van der Waals surface area contributed by atoms with Gasteiger partial charge in [0.15, 0.2) is 0 Å². The predicted molar refractivity (Wildman–Crippen MR) is 82.4 cm³/mol. The summed E-state index contributed by atoms with van der Waals surface area (Å²) >= 11 is 0. The lowest BCUT2D eigenvalue weighted by Gasteiger charge is -2.30. The summed E-state index contributed by atoms with van der Waals surface area (Å²) < 4.78 is 14.3. The molecule has 0 amide bonds. The molecule has 1 nitrogen and oxygen atoms in total. The smallest absolute Gasteiger partial charge is 0.123 e. The molecule has 1 fully saturated rings. The molecule has 0 saturated carbocycles. The van der Waals surface area contributed by atoms with Crippen LogP contribution in [0.25, 0.3) is 0 Å². The van der Waals surface area contributed by atoms with E-state index in [1.54, 1.807) is 0 Å². The molecule has 0 aromatic carbocycles. The Morgan fingerprint density at radius 3 is 2.00 bits per heavy atom. The van der Waals surface area contributed by atoms with E-state index in [4.69, 9.17) is 0 Å². The molecule has 0 spiro atoms. The van der Waals surface area contributed by atoms with E-state index in [9.17, 15) is 4.39 Å². The topological polar surface area (TPSA) is 12.0 Å². The van der Waals surface area contributed by atoms with E-state index in [0.29, 0.717) is 6.54 Å². The van der Waals surface area contributed by atoms with Gasteiger partial charge in [0.25, 0.3) is 0 Å². The van der Waals surface area contributed by atoms with Crippen molar-refractivity contribution < 1.29 is 4.39 Å². The number of rotatable bonds is 11. The summed E-state index contributed by atoms with van der Waals surface area (Å²) in [5.41, 5.74) is -0.890. The zero-order valence-corrected chi connectivity index (χ0v) is 13.0. The van der Waals surface area contributed by atoms with Crippen molar-refractivity contribution in [3.05, 3.63) is 0 Å². The minimum atomic E-state index is -0.890. The summed E-state index contributed by atoms with van der Waals surface area (Å²) in [6, 6.07) is 0. The van der Waals surface area contributed by atoms with Crippen molar-refractivity contribution >= 4 is 0 Å². The molecule has 1 heterocycles. The first-order chi connectivity index (χ1) is 9.27. The van der Waals surface area contributed by atoms with Crippen LogP contribution in [0.2, 0.25) is 0 Å². The van der Waals surface area contributed by atoms with Crippen LogP contribution in [-0.2, 0) is 0 Å². The zero-order valence-electron chi connectivity index (χ0n) is 13.0. The second-order valence-corrected chi connectivity index (χ2v) is 6.36. The van der Waals surface area contributed by atoms with E-state index in [-0.39, 0.29) is 0 Å². The van der Waals surface area contributed by atoms with Crippen LogP contribution >= 0.6 is 0 Å². The van der Waals surface area contributed by atoms with Gasteiger partial charge in [0.2, 0.25) is 0 Å². The number of piperidine rings is 1. The largest absolute Gasteiger partial charge is 0.314 e. The highest BCUT2D eigenvalue weighted by Gasteiger charge is 2.30. The maximum Gasteiger partial charge on any atom is 0.123 e. The molecule has 0 bridgehead atoms. The summed E-state index contributed by atoms with van der Waals surface area (Å²) in [6.45, 7) is 3.85. The second-order valence-electron chi connectivity index (χ2n) is 6.36. The molecule has 1 atom stereocenters. The van der Waals surface area contributed by atoms with Crippen molar-refractivity contribution in [3.8, 4) is 0 Å². The first-order valence-corrected chi connectivity index (χ1v) is 8.66. The molecule has 0 aromatic rings. The number of hydrogen-bond donors (Lipinski definition) is 1. The van der Waals surface area contributed by atoms with Crippen LogP contribution in [0.5, 0.6) is 0 Å². The van der Waals surface area contributed by atoms with E-state index in [1.165, 1.54) is 57.8 Å². The molecule has 2 heteroatoms. The fourth-order valence-electron chi connectivity index (χ4n) is 3.07. The average Bonchev–Trinajstić information content (AvgIpc) is 2.42. The Morgan fingerprint density at radius 2 is 1.47 bits per heavy atom. The van der Waals surface area contributed by atoms with Crippen LogP contribution in [0, 0.1) is 0 Å². The van der Waals surface area contributed by atoms with Gasteiger partial charge in [0.1, 0.15) is 5.67 Å². The summed E-state index contributed by atoms with van der Waals surface area (Å²) in [4.78, 5) is 0. The molecule has 1 rings (SSSR count). The summed E-state index contributed by atoms with van der Waals surface area (Å²) in [5, 5.41) is 3.19. The highest BCUT2D eigenvalue weighted by Crippen LogP contribution is 2.27. The molecule has 0 radical (unpaired) electrons. The fraction of sp³-hybridized carbons (Fsp3) is 1.00. The number of nitrogens with one attached hydrogen (secondary N) is 1. The molecule has 1 aliphatic heterocycles. The van der Waals surface area contributed by atoms with Gasteiger partial charge in [-0.15, -0.1) is 0 Å². The van der Waals surface area contributed by atoms with E-state index >= 15 is 0 Å². The third-order valence-corrected chi connectivity index (χ3v) is 4.40. The number of unbranched alkanes of at least 4 members (excludes halogenated alkanes) is 9. The zero-order chi connectivity index (χ0) is 13.8. The van der Waals surface area contributed by atoms with E-state index < -0.39 is 5.67 Å². The molecule has 19 heavy (non-hydrogen) atoms. The minimum absolute atomic E-state index is 0.588. The maximum atomic E-state index is 14.3. The van der Waals surface area contributed by atoms with Crippen LogP contribution in [0.15, 0.2) is 0 Å². The second kappa shape index (κ2) is 10.7. The van der Waals surface area contributed by atoms with E-state index in [2.05, 4.69) is 12.2 Å². The molecular formula is C17H34FN. The van der Waals surface area contributed by atoms with Crippen molar-refractivity contribution in [1.29, 1.82) is 0 Å². The van der Waals surface area contributed by atoms with Crippen LogP contribution < -0.4 is 5.32 Å². The first kappa shape index (κ1) is 16.9. The SMILES string of the molecule is CCCCCCCCCCCCC1(F)CCCNC1. The average molecular weight is 271 g/mol. The first-order valence-electron chi connectivity index (χ1n) is 8.66. The highest BCUT2D eigenvalue weighted by molar-refractivity contribution is 4.85. The summed E-state index contributed by atoms with van der Waals surface area (Å²) in [5.74, 6) is 0. The number of hydrogen-bond acceptors (Lipinski definition) is 1. The van der Waals surface area contributed by atoms with Gasteiger partial charge in [0.05, 0.1) is 0 Å². The summed E-state index contributed by atoms with van der Waals surface area (Å²) in [7, 11) is 0. The van der Waals surface area contributed by atoms with Crippen molar-refractivity contribution in [2.24, 2.45) is 0 Å². The summed E-state index contributed by atoms with van der Waals surface area (Å²) in [6.07, 6.45) is 15.8. The van der Waals surface area contributed by atoms with Crippen molar-refractivity contribution in [2.75, 3.05) is 13.1 Å². The minimum Gasteiger partial charge on any atom is -0.314 e. The van der Waals surface area contributed by atoms with Crippen molar-refractivity contribution in [1.82, 2.24) is 5.32 Å². The molecule has 0 aliphatic carbocycles.